The molecule has 96 valence electrons. The van der Waals surface area contributed by atoms with E-state index in [1.807, 2.05) is 0 Å². The van der Waals surface area contributed by atoms with Crippen LogP contribution in [0.1, 0.15) is 24.4 Å². The zero-order valence-corrected chi connectivity index (χ0v) is 10.8. The van der Waals surface area contributed by atoms with Gasteiger partial charge in [0.05, 0.1) is 7.11 Å². The van der Waals surface area contributed by atoms with Gasteiger partial charge in [-0.05, 0) is 30.2 Å². The zero-order chi connectivity index (χ0) is 13.1. The lowest BCUT2D eigenvalue weighted by Gasteiger charge is -2.16. The minimum atomic E-state index is -4.18. The molecule has 1 aromatic carbocycles. The Balaban J connectivity index is 2.77. The maximum absolute atomic E-state index is 12.1. The Kier molecular flexibility index (Phi) is 4.82. The number of benzene rings is 1. The third-order valence-corrected chi connectivity index (χ3v) is 3.06. The quantitative estimate of drug-likeness (QED) is 0.918. The number of hydrogen-bond donors (Lipinski definition) is 1. The minimum Gasteiger partial charge on any atom is -0.497 e. The number of methoxy groups -OCH3 is 1. The van der Waals surface area contributed by atoms with Crippen LogP contribution in [-0.4, -0.2) is 13.3 Å². The van der Waals surface area contributed by atoms with Crippen LogP contribution in [-0.2, 0) is 0 Å². The third kappa shape index (κ3) is 4.55. The molecule has 0 aromatic heterocycles. The van der Waals surface area contributed by atoms with Crippen LogP contribution in [0.2, 0.25) is 0 Å². The number of alkyl halides is 3. The highest BCUT2D eigenvalue weighted by molar-refractivity contribution is 9.10. The van der Waals surface area contributed by atoms with Crippen molar-refractivity contribution >= 4 is 15.9 Å². The largest absolute Gasteiger partial charge is 0.497 e. The summed E-state index contributed by atoms with van der Waals surface area (Å²) in [5, 5.41) is 0. The highest BCUT2D eigenvalue weighted by Gasteiger charge is 2.28. The van der Waals surface area contributed by atoms with Gasteiger partial charge in [-0.2, -0.15) is 13.2 Å². The first kappa shape index (κ1) is 14.3. The van der Waals surface area contributed by atoms with Crippen LogP contribution in [0, 0.1) is 0 Å². The van der Waals surface area contributed by atoms with E-state index in [-0.39, 0.29) is 6.42 Å². The Morgan fingerprint density at radius 1 is 1.41 bits per heavy atom. The van der Waals surface area contributed by atoms with Crippen molar-refractivity contribution in [3.8, 4) is 5.75 Å². The third-order valence-electron chi connectivity index (χ3n) is 2.34. The van der Waals surface area contributed by atoms with Crippen molar-refractivity contribution in [3.63, 3.8) is 0 Å². The zero-order valence-electron chi connectivity index (χ0n) is 9.22. The van der Waals surface area contributed by atoms with Gasteiger partial charge in [0, 0.05) is 16.9 Å². The van der Waals surface area contributed by atoms with E-state index in [1.165, 1.54) is 7.11 Å². The predicted octanol–water partition coefficient (Wildman–Crippen LogP) is 3.80. The highest BCUT2D eigenvalue weighted by Crippen LogP contribution is 2.31. The molecule has 2 nitrogen and oxygen atoms in total. The fourth-order valence-electron chi connectivity index (χ4n) is 1.41. The normalized spacial score (nSPS) is 13.5. The van der Waals surface area contributed by atoms with Crippen LogP contribution in [0.15, 0.2) is 22.7 Å². The van der Waals surface area contributed by atoms with Crippen molar-refractivity contribution < 1.29 is 17.9 Å². The van der Waals surface area contributed by atoms with Gasteiger partial charge in [-0.15, -0.1) is 0 Å². The van der Waals surface area contributed by atoms with E-state index in [2.05, 4.69) is 15.9 Å². The predicted molar refractivity (Wildman–Crippen MR) is 62.9 cm³/mol. The van der Waals surface area contributed by atoms with Crippen LogP contribution in [0.3, 0.4) is 0 Å². The van der Waals surface area contributed by atoms with Gasteiger partial charge in [0.1, 0.15) is 5.75 Å². The molecule has 17 heavy (non-hydrogen) atoms. The SMILES string of the molecule is COc1ccc(Br)c([C@H](N)CCC(F)(F)F)c1. The van der Waals surface area contributed by atoms with Gasteiger partial charge in [-0.25, -0.2) is 0 Å². The van der Waals surface area contributed by atoms with E-state index in [4.69, 9.17) is 10.5 Å². The van der Waals surface area contributed by atoms with Crippen molar-refractivity contribution in [2.24, 2.45) is 5.73 Å². The fraction of sp³-hybridized carbons (Fsp3) is 0.455. The number of halogens is 4. The van der Waals surface area contributed by atoms with Crippen LogP contribution in [0.25, 0.3) is 0 Å². The van der Waals surface area contributed by atoms with E-state index in [0.29, 0.717) is 15.8 Å². The van der Waals surface area contributed by atoms with Crippen molar-refractivity contribution in [1.29, 1.82) is 0 Å². The molecule has 0 spiro atoms. The highest BCUT2D eigenvalue weighted by atomic mass is 79.9. The molecule has 1 atom stereocenters. The van der Waals surface area contributed by atoms with Gasteiger partial charge in [0.2, 0.25) is 0 Å². The molecule has 1 aromatic rings. The van der Waals surface area contributed by atoms with E-state index >= 15 is 0 Å². The summed E-state index contributed by atoms with van der Waals surface area (Å²) in [6, 6.07) is 4.40. The molecule has 6 heteroatoms. The van der Waals surface area contributed by atoms with Gasteiger partial charge >= 0.3 is 6.18 Å². The van der Waals surface area contributed by atoms with Gasteiger partial charge in [-0.3, -0.25) is 0 Å². The molecule has 0 aliphatic heterocycles. The van der Waals surface area contributed by atoms with Crippen LogP contribution >= 0.6 is 15.9 Å². The van der Waals surface area contributed by atoms with Gasteiger partial charge < -0.3 is 10.5 Å². The molecule has 0 radical (unpaired) electrons. The first-order chi connectivity index (χ1) is 7.83. The van der Waals surface area contributed by atoms with E-state index in [1.54, 1.807) is 18.2 Å². The van der Waals surface area contributed by atoms with Crippen molar-refractivity contribution in [3.05, 3.63) is 28.2 Å². The van der Waals surface area contributed by atoms with Crippen LogP contribution in [0.4, 0.5) is 13.2 Å². The van der Waals surface area contributed by atoms with Crippen molar-refractivity contribution in [2.45, 2.75) is 25.1 Å². The summed E-state index contributed by atoms with van der Waals surface area (Å²) in [5.74, 6) is 0.575. The molecule has 0 bridgehead atoms. The average Bonchev–Trinajstić information content (AvgIpc) is 2.25. The van der Waals surface area contributed by atoms with Crippen molar-refractivity contribution in [2.75, 3.05) is 7.11 Å². The lowest BCUT2D eigenvalue weighted by molar-refractivity contribution is -0.136. The van der Waals surface area contributed by atoms with Crippen LogP contribution < -0.4 is 10.5 Å². The molecule has 0 fully saturated rings. The van der Waals surface area contributed by atoms with Gasteiger partial charge in [-0.1, -0.05) is 15.9 Å². The molecule has 0 heterocycles. The second kappa shape index (κ2) is 5.73. The lowest BCUT2D eigenvalue weighted by atomic mass is 10.0. The van der Waals surface area contributed by atoms with Gasteiger partial charge in [0.15, 0.2) is 0 Å². The number of nitrogens with two attached hydrogens (primary N) is 1. The summed E-state index contributed by atoms with van der Waals surface area (Å²) < 4.78 is 42.0. The molecule has 0 aliphatic rings. The lowest BCUT2D eigenvalue weighted by Crippen LogP contribution is -2.16. The summed E-state index contributed by atoms with van der Waals surface area (Å²) in [4.78, 5) is 0. The molecular weight excluding hydrogens is 299 g/mol. The van der Waals surface area contributed by atoms with Crippen LogP contribution in [0.5, 0.6) is 5.75 Å². The second-order valence-corrected chi connectivity index (χ2v) is 4.50. The number of hydrogen-bond acceptors (Lipinski definition) is 2. The molecule has 0 saturated heterocycles. The smallest absolute Gasteiger partial charge is 0.389 e. The fourth-order valence-corrected chi connectivity index (χ4v) is 1.95. The molecule has 1 rings (SSSR count). The summed E-state index contributed by atoms with van der Waals surface area (Å²) in [6.45, 7) is 0. The molecule has 0 saturated carbocycles. The van der Waals surface area contributed by atoms with E-state index < -0.39 is 18.6 Å². The molecule has 0 unspecified atom stereocenters. The first-order valence-electron chi connectivity index (χ1n) is 4.99. The number of ether oxygens (including phenoxy) is 1. The monoisotopic (exact) mass is 311 g/mol. The Bertz CT molecular complexity index is 381. The molecule has 0 aliphatic carbocycles. The summed E-state index contributed by atoms with van der Waals surface area (Å²) in [7, 11) is 1.49. The molecule has 0 amide bonds. The van der Waals surface area contributed by atoms with Gasteiger partial charge in [0.25, 0.3) is 0 Å². The van der Waals surface area contributed by atoms with E-state index in [0.717, 1.165) is 0 Å². The Labute approximate surface area is 106 Å². The standard InChI is InChI=1S/C11H13BrF3NO/c1-17-7-2-3-9(12)8(6-7)10(16)4-5-11(13,14)15/h2-3,6,10H,4-5,16H2,1H3/t10-/m1/s1. The van der Waals surface area contributed by atoms with E-state index in [9.17, 15) is 13.2 Å². The summed E-state index contributed by atoms with van der Waals surface area (Å²) >= 11 is 3.26. The molecular formula is C11H13BrF3NO. The second-order valence-electron chi connectivity index (χ2n) is 3.65. The summed E-state index contributed by atoms with van der Waals surface area (Å²) in [5.41, 5.74) is 6.36. The summed E-state index contributed by atoms with van der Waals surface area (Å²) in [6.07, 6.45) is -5.21. The maximum Gasteiger partial charge on any atom is 0.389 e. The average molecular weight is 312 g/mol. The maximum atomic E-state index is 12.1. The van der Waals surface area contributed by atoms with Crippen molar-refractivity contribution in [1.82, 2.24) is 0 Å². The Morgan fingerprint density at radius 2 is 2.06 bits per heavy atom. The topological polar surface area (TPSA) is 35.2 Å². The Morgan fingerprint density at radius 3 is 2.59 bits per heavy atom. The Hall–Kier alpha value is -0.750. The number of rotatable bonds is 4. The molecule has 2 N–H and O–H groups in total. The minimum absolute atomic E-state index is 0.144. The first-order valence-corrected chi connectivity index (χ1v) is 5.78.